The van der Waals surface area contributed by atoms with Crippen molar-refractivity contribution in [3.8, 4) is 5.69 Å². The first kappa shape index (κ1) is 18.2. The lowest BCUT2D eigenvalue weighted by molar-refractivity contribution is 0.472. The maximum absolute atomic E-state index is 12.9. The predicted molar refractivity (Wildman–Crippen MR) is 98.1 cm³/mol. The lowest BCUT2D eigenvalue weighted by Gasteiger charge is -2.21. The summed E-state index contributed by atoms with van der Waals surface area (Å²) < 4.78 is 30.2. The van der Waals surface area contributed by atoms with Crippen LogP contribution in [0.25, 0.3) is 5.69 Å². The zero-order valence-corrected chi connectivity index (χ0v) is 15.5. The fourth-order valence-corrected chi connectivity index (χ4v) is 4.01. The van der Waals surface area contributed by atoms with E-state index in [0.717, 1.165) is 5.56 Å². The van der Waals surface area contributed by atoms with E-state index in [1.165, 1.54) is 11.0 Å². The van der Waals surface area contributed by atoms with Crippen molar-refractivity contribution in [1.82, 2.24) is 24.9 Å². The summed E-state index contributed by atoms with van der Waals surface area (Å²) in [4.78, 5) is 0.176. The molecule has 1 heterocycles. The molecule has 0 amide bonds. The number of rotatable bonds is 7. The van der Waals surface area contributed by atoms with Crippen molar-refractivity contribution in [3.05, 3.63) is 66.5 Å². The molecule has 8 heteroatoms. The van der Waals surface area contributed by atoms with Crippen molar-refractivity contribution >= 4 is 10.0 Å². The minimum Gasteiger partial charge on any atom is -0.207 e. The Balaban J connectivity index is 1.90. The van der Waals surface area contributed by atoms with Crippen LogP contribution in [0.1, 0.15) is 31.9 Å². The number of benzene rings is 2. The van der Waals surface area contributed by atoms with Gasteiger partial charge in [0.1, 0.15) is 6.33 Å². The molecule has 0 fully saturated rings. The summed E-state index contributed by atoms with van der Waals surface area (Å²) in [5, 5.41) is 11.0. The molecule has 0 aliphatic rings. The predicted octanol–water partition coefficient (Wildman–Crippen LogP) is 2.73. The average Bonchev–Trinajstić information content (AvgIpc) is 3.16. The molecule has 0 saturated heterocycles. The Kier molecular flexibility index (Phi) is 5.43. The highest BCUT2D eigenvalue weighted by Gasteiger charge is 2.22. The molecule has 0 radical (unpaired) electrons. The van der Waals surface area contributed by atoms with Crippen LogP contribution in [-0.2, 0) is 10.0 Å². The van der Waals surface area contributed by atoms with E-state index in [2.05, 4.69) is 34.1 Å². The summed E-state index contributed by atoms with van der Waals surface area (Å²) in [6.45, 7) is 4.14. The minimum atomic E-state index is -3.70. The smallest absolute Gasteiger partial charge is 0.207 e. The van der Waals surface area contributed by atoms with Crippen molar-refractivity contribution in [1.29, 1.82) is 0 Å². The summed E-state index contributed by atoms with van der Waals surface area (Å²) in [7, 11) is -3.70. The largest absolute Gasteiger partial charge is 0.241 e. The standard InChI is InChI=1S/C18H21N5O2S/c1-14(2)11-18(15-7-4-3-5-8-15)20-26(24,25)17-10-6-9-16(12-17)23-13-19-21-22-23/h3-10,12-14,18,20H,11H2,1-2H3/t18-/m1/s1. The van der Waals surface area contributed by atoms with E-state index >= 15 is 0 Å². The van der Waals surface area contributed by atoms with Crippen molar-refractivity contribution in [2.24, 2.45) is 5.92 Å². The first-order valence-electron chi connectivity index (χ1n) is 8.36. The van der Waals surface area contributed by atoms with Crippen LogP contribution in [0, 0.1) is 5.92 Å². The number of tetrazole rings is 1. The summed E-state index contributed by atoms with van der Waals surface area (Å²) in [6.07, 6.45) is 2.13. The van der Waals surface area contributed by atoms with Gasteiger partial charge < -0.3 is 0 Å². The third-order valence-corrected chi connectivity index (χ3v) is 5.42. The number of sulfonamides is 1. The maximum atomic E-state index is 12.9. The molecule has 0 spiro atoms. The molecule has 3 aromatic rings. The summed E-state index contributed by atoms with van der Waals surface area (Å²) in [5.41, 5.74) is 1.53. The summed E-state index contributed by atoms with van der Waals surface area (Å²) in [5.74, 6) is 0.343. The first-order valence-corrected chi connectivity index (χ1v) is 9.85. The highest BCUT2D eigenvalue weighted by atomic mass is 32.2. The molecular formula is C18H21N5O2S. The van der Waals surface area contributed by atoms with Gasteiger partial charge in [-0.25, -0.2) is 17.8 Å². The molecule has 1 N–H and O–H groups in total. The van der Waals surface area contributed by atoms with Gasteiger partial charge in [0.05, 0.1) is 10.6 Å². The van der Waals surface area contributed by atoms with Crippen molar-refractivity contribution in [3.63, 3.8) is 0 Å². The lowest BCUT2D eigenvalue weighted by atomic mass is 9.98. The van der Waals surface area contributed by atoms with Crippen molar-refractivity contribution in [2.75, 3.05) is 0 Å². The Morgan fingerprint density at radius 3 is 2.50 bits per heavy atom. The van der Waals surface area contributed by atoms with Gasteiger partial charge in [-0.3, -0.25) is 0 Å². The van der Waals surface area contributed by atoms with E-state index in [9.17, 15) is 8.42 Å². The maximum Gasteiger partial charge on any atom is 0.241 e. The summed E-state index contributed by atoms with van der Waals surface area (Å²) in [6, 6.07) is 15.9. The van der Waals surface area contributed by atoms with Gasteiger partial charge in [0, 0.05) is 6.04 Å². The highest BCUT2D eigenvalue weighted by Crippen LogP contribution is 2.24. The van der Waals surface area contributed by atoms with Gasteiger partial charge in [-0.15, -0.1) is 5.10 Å². The van der Waals surface area contributed by atoms with Crippen molar-refractivity contribution < 1.29 is 8.42 Å². The highest BCUT2D eigenvalue weighted by molar-refractivity contribution is 7.89. The minimum absolute atomic E-state index is 0.176. The monoisotopic (exact) mass is 371 g/mol. The first-order chi connectivity index (χ1) is 12.5. The van der Waals surface area contributed by atoms with E-state index in [4.69, 9.17) is 0 Å². The molecule has 0 aliphatic carbocycles. The van der Waals surface area contributed by atoms with Crippen LogP contribution in [-0.4, -0.2) is 28.6 Å². The second kappa shape index (κ2) is 7.76. The number of nitrogens with zero attached hydrogens (tertiary/aromatic N) is 4. The van der Waals surface area contributed by atoms with Gasteiger partial charge in [0.25, 0.3) is 0 Å². The van der Waals surface area contributed by atoms with E-state index in [1.807, 2.05) is 30.3 Å². The Bertz CT molecular complexity index is 941. The quantitative estimate of drug-likeness (QED) is 0.690. The molecule has 1 aromatic heterocycles. The van der Waals surface area contributed by atoms with Crippen LogP contribution in [0.3, 0.4) is 0 Å². The van der Waals surface area contributed by atoms with Gasteiger partial charge in [-0.1, -0.05) is 50.2 Å². The Morgan fingerprint density at radius 2 is 1.85 bits per heavy atom. The van der Waals surface area contributed by atoms with E-state index in [1.54, 1.807) is 24.3 Å². The Hall–Kier alpha value is -2.58. The summed E-state index contributed by atoms with van der Waals surface area (Å²) >= 11 is 0. The van der Waals surface area contributed by atoms with Crippen LogP contribution >= 0.6 is 0 Å². The fourth-order valence-electron chi connectivity index (χ4n) is 2.74. The normalized spacial score (nSPS) is 13.0. The molecule has 0 saturated carbocycles. The van der Waals surface area contributed by atoms with Crippen LogP contribution in [0.4, 0.5) is 0 Å². The number of hydrogen-bond donors (Lipinski definition) is 1. The molecule has 136 valence electrons. The molecule has 1 atom stereocenters. The molecule has 2 aromatic carbocycles. The molecule has 0 unspecified atom stereocenters. The number of nitrogens with one attached hydrogen (secondary N) is 1. The second-order valence-electron chi connectivity index (χ2n) is 6.47. The van der Waals surface area contributed by atoms with Crippen LogP contribution in [0.2, 0.25) is 0 Å². The van der Waals surface area contributed by atoms with Gasteiger partial charge in [0.15, 0.2) is 0 Å². The SMILES string of the molecule is CC(C)C[C@@H](NS(=O)(=O)c1cccc(-n2cnnn2)c1)c1ccccc1. The van der Waals surface area contributed by atoms with E-state index < -0.39 is 10.0 Å². The Labute approximate surface area is 153 Å². The van der Waals surface area contributed by atoms with Crippen LogP contribution in [0.5, 0.6) is 0 Å². The molecule has 0 aliphatic heterocycles. The second-order valence-corrected chi connectivity index (χ2v) is 8.18. The molecule has 26 heavy (non-hydrogen) atoms. The van der Waals surface area contributed by atoms with Gasteiger partial charge in [-0.05, 0) is 46.5 Å². The zero-order valence-electron chi connectivity index (χ0n) is 14.6. The number of hydrogen-bond acceptors (Lipinski definition) is 5. The molecular weight excluding hydrogens is 350 g/mol. The topological polar surface area (TPSA) is 89.8 Å². The van der Waals surface area contributed by atoms with Crippen molar-refractivity contribution in [2.45, 2.75) is 31.2 Å². The fraction of sp³-hybridized carbons (Fsp3) is 0.278. The molecule has 7 nitrogen and oxygen atoms in total. The van der Waals surface area contributed by atoms with Gasteiger partial charge >= 0.3 is 0 Å². The zero-order chi connectivity index (χ0) is 18.6. The van der Waals surface area contributed by atoms with E-state index in [0.29, 0.717) is 18.0 Å². The third-order valence-electron chi connectivity index (χ3n) is 3.95. The van der Waals surface area contributed by atoms with Gasteiger partial charge in [0.2, 0.25) is 10.0 Å². The number of aromatic nitrogens is 4. The van der Waals surface area contributed by atoms with Crippen LogP contribution < -0.4 is 4.72 Å². The lowest BCUT2D eigenvalue weighted by Crippen LogP contribution is -2.29. The van der Waals surface area contributed by atoms with Gasteiger partial charge in [-0.2, -0.15) is 0 Å². The molecule has 0 bridgehead atoms. The average molecular weight is 371 g/mol. The molecule has 3 rings (SSSR count). The Morgan fingerprint density at radius 1 is 1.08 bits per heavy atom. The third kappa shape index (κ3) is 4.33. The van der Waals surface area contributed by atoms with Crippen LogP contribution in [0.15, 0.2) is 65.8 Å². The van der Waals surface area contributed by atoms with E-state index in [-0.39, 0.29) is 10.9 Å².